The fourth-order valence-corrected chi connectivity index (χ4v) is 1.27. The van der Waals surface area contributed by atoms with Gasteiger partial charge in [-0.15, -0.1) is 0 Å². The minimum atomic E-state index is -0.483. The Morgan fingerprint density at radius 1 is 1.50 bits per heavy atom. The van der Waals surface area contributed by atoms with Gasteiger partial charge < -0.3 is 5.73 Å². The van der Waals surface area contributed by atoms with Crippen LogP contribution in [0.3, 0.4) is 0 Å². The quantitative estimate of drug-likeness (QED) is 0.547. The zero-order valence-electron chi connectivity index (χ0n) is 8.44. The van der Waals surface area contributed by atoms with Crippen LogP contribution >= 0.6 is 0 Å². The molecule has 0 unspecified atom stereocenters. The van der Waals surface area contributed by atoms with E-state index in [0.29, 0.717) is 5.56 Å². The summed E-state index contributed by atoms with van der Waals surface area (Å²) >= 11 is 0. The molecule has 0 fully saturated rings. The number of nitrogen functional groups attached to an aromatic ring is 1. The molecule has 1 aromatic rings. The molecule has 2 N–H and O–H groups in total. The van der Waals surface area contributed by atoms with E-state index in [4.69, 9.17) is 5.73 Å². The molecule has 0 saturated heterocycles. The van der Waals surface area contributed by atoms with Crippen molar-refractivity contribution in [3.63, 3.8) is 0 Å². The molecule has 0 saturated carbocycles. The third-order valence-electron chi connectivity index (χ3n) is 1.94. The second-order valence-corrected chi connectivity index (χ2v) is 4.10. The molecule has 1 rings (SSSR count). The van der Waals surface area contributed by atoms with Crippen LogP contribution in [-0.2, 0) is 5.41 Å². The molecule has 1 aromatic heterocycles. The number of nitrogens with two attached hydrogens (primary N) is 1. The zero-order chi connectivity index (χ0) is 10.9. The van der Waals surface area contributed by atoms with E-state index < -0.39 is 4.92 Å². The summed E-state index contributed by atoms with van der Waals surface area (Å²) in [5.74, 6) is -0.0255. The van der Waals surface area contributed by atoms with E-state index in [9.17, 15) is 10.1 Å². The number of rotatable bonds is 1. The Bertz CT molecular complexity index is 369. The molecular formula is C9H13N3O2. The zero-order valence-corrected chi connectivity index (χ0v) is 8.44. The Hall–Kier alpha value is -1.65. The average molecular weight is 195 g/mol. The third kappa shape index (κ3) is 1.81. The Morgan fingerprint density at radius 3 is 2.43 bits per heavy atom. The van der Waals surface area contributed by atoms with Gasteiger partial charge in [-0.25, -0.2) is 4.98 Å². The highest BCUT2D eigenvalue weighted by molar-refractivity contribution is 5.59. The Labute approximate surface area is 82.1 Å². The molecule has 76 valence electrons. The summed E-state index contributed by atoms with van der Waals surface area (Å²) in [7, 11) is 0. The fourth-order valence-electron chi connectivity index (χ4n) is 1.27. The Morgan fingerprint density at radius 2 is 2.07 bits per heavy atom. The van der Waals surface area contributed by atoms with Gasteiger partial charge in [-0.3, -0.25) is 10.1 Å². The van der Waals surface area contributed by atoms with Gasteiger partial charge in [0.1, 0.15) is 0 Å². The van der Waals surface area contributed by atoms with Gasteiger partial charge in [-0.1, -0.05) is 20.8 Å². The molecule has 0 aliphatic heterocycles. The Kier molecular flexibility index (Phi) is 2.42. The molecule has 0 spiro atoms. The van der Waals surface area contributed by atoms with Crippen molar-refractivity contribution in [3.8, 4) is 0 Å². The predicted molar refractivity (Wildman–Crippen MR) is 54.0 cm³/mol. The summed E-state index contributed by atoms with van der Waals surface area (Å²) in [5, 5.41) is 10.8. The summed E-state index contributed by atoms with van der Waals surface area (Å²) in [4.78, 5) is 14.0. The average Bonchev–Trinajstić information content (AvgIpc) is 2.01. The molecular weight excluding hydrogens is 182 g/mol. The highest BCUT2D eigenvalue weighted by Crippen LogP contribution is 2.33. The molecule has 0 aliphatic carbocycles. The van der Waals surface area contributed by atoms with E-state index in [2.05, 4.69) is 4.98 Å². The molecule has 1 heterocycles. The van der Waals surface area contributed by atoms with E-state index in [0.717, 1.165) is 0 Å². The van der Waals surface area contributed by atoms with Crippen LogP contribution in [0.15, 0.2) is 12.3 Å². The number of aromatic nitrogens is 1. The van der Waals surface area contributed by atoms with Crippen LogP contribution in [-0.4, -0.2) is 9.91 Å². The smallest absolute Gasteiger partial charge is 0.314 e. The molecule has 5 heteroatoms. The fraction of sp³-hybridized carbons (Fsp3) is 0.444. The molecule has 0 aliphatic rings. The molecule has 0 aromatic carbocycles. The lowest BCUT2D eigenvalue weighted by molar-refractivity contribution is -0.385. The van der Waals surface area contributed by atoms with Gasteiger partial charge in [0.2, 0.25) is 5.82 Å². The van der Waals surface area contributed by atoms with E-state index in [1.165, 1.54) is 6.20 Å². The van der Waals surface area contributed by atoms with Crippen molar-refractivity contribution in [3.05, 3.63) is 27.9 Å². The summed E-state index contributed by atoms with van der Waals surface area (Å²) in [6.07, 6.45) is 1.49. The lowest BCUT2D eigenvalue weighted by Gasteiger charge is -2.18. The molecule has 0 atom stereocenters. The minimum absolute atomic E-state index is 0.0255. The SMILES string of the molecule is CC(C)(C)c1ccnc(N)c1[N+](=O)[O-]. The summed E-state index contributed by atoms with van der Waals surface area (Å²) < 4.78 is 0. The van der Waals surface area contributed by atoms with Crippen molar-refractivity contribution in [1.29, 1.82) is 0 Å². The first-order valence-corrected chi connectivity index (χ1v) is 4.23. The highest BCUT2D eigenvalue weighted by Gasteiger charge is 2.27. The van der Waals surface area contributed by atoms with Gasteiger partial charge in [-0.2, -0.15) is 0 Å². The van der Waals surface area contributed by atoms with Crippen LogP contribution in [0.2, 0.25) is 0 Å². The van der Waals surface area contributed by atoms with Crippen LogP contribution in [0.4, 0.5) is 11.5 Å². The Balaban J connectivity index is 3.44. The molecule has 0 amide bonds. The summed E-state index contributed by atoms with van der Waals surface area (Å²) in [5.41, 5.74) is 5.68. The second kappa shape index (κ2) is 3.25. The predicted octanol–water partition coefficient (Wildman–Crippen LogP) is 1.87. The maximum atomic E-state index is 10.8. The normalized spacial score (nSPS) is 11.4. The van der Waals surface area contributed by atoms with Crippen LogP contribution in [0.5, 0.6) is 0 Å². The maximum absolute atomic E-state index is 10.8. The van der Waals surface area contributed by atoms with Crippen LogP contribution in [0, 0.1) is 10.1 Å². The van der Waals surface area contributed by atoms with Gasteiger partial charge >= 0.3 is 5.69 Å². The highest BCUT2D eigenvalue weighted by atomic mass is 16.6. The first-order valence-electron chi connectivity index (χ1n) is 4.23. The summed E-state index contributed by atoms with van der Waals surface area (Å²) in [6, 6.07) is 1.63. The van der Waals surface area contributed by atoms with Gasteiger partial charge in [0.25, 0.3) is 0 Å². The maximum Gasteiger partial charge on any atom is 0.314 e. The second-order valence-electron chi connectivity index (χ2n) is 4.10. The van der Waals surface area contributed by atoms with Crippen LogP contribution < -0.4 is 5.73 Å². The van der Waals surface area contributed by atoms with Gasteiger partial charge in [0.15, 0.2) is 0 Å². The largest absolute Gasteiger partial charge is 0.378 e. The van der Waals surface area contributed by atoms with Crippen molar-refractivity contribution in [1.82, 2.24) is 4.98 Å². The molecule has 5 nitrogen and oxygen atoms in total. The van der Waals surface area contributed by atoms with E-state index in [1.54, 1.807) is 6.07 Å². The van der Waals surface area contributed by atoms with Crippen LogP contribution in [0.25, 0.3) is 0 Å². The first-order chi connectivity index (χ1) is 6.34. The van der Waals surface area contributed by atoms with E-state index in [1.807, 2.05) is 20.8 Å². The minimum Gasteiger partial charge on any atom is -0.378 e. The van der Waals surface area contributed by atoms with Crippen molar-refractivity contribution in [2.75, 3.05) is 5.73 Å². The van der Waals surface area contributed by atoms with Crippen LogP contribution in [0.1, 0.15) is 26.3 Å². The van der Waals surface area contributed by atoms with E-state index >= 15 is 0 Å². The lowest BCUT2D eigenvalue weighted by atomic mass is 9.86. The standard InChI is InChI=1S/C9H13N3O2/c1-9(2,3)6-4-5-11-8(10)7(6)12(13)14/h4-5H,1-3H3,(H2,10,11). The number of hydrogen-bond acceptors (Lipinski definition) is 4. The number of nitro groups is 1. The van der Waals surface area contributed by atoms with Crippen molar-refractivity contribution < 1.29 is 4.92 Å². The van der Waals surface area contributed by atoms with E-state index in [-0.39, 0.29) is 16.9 Å². The van der Waals surface area contributed by atoms with Crippen molar-refractivity contribution in [2.24, 2.45) is 0 Å². The summed E-state index contributed by atoms with van der Waals surface area (Å²) in [6.45, 7) is 5.69. The van der Waals surface area contributed by atoms with Crippen molar-refractivity contribution in [2.45, 2.75) is 26.2 Å². The number of hydrogen-bond donors (Lipinski definition) is 1. The molecule has 0 bridgehead atoms. The monoisotopic (exact) mass is 195 g/mol. The molecule has 0 radical (unpaired) electrons. The number of pyridine rings is 1. The van der Waals surface area contributed by atoms with Gasteiger partial charge in [0.05, 0.1) is 4.92 Å². The lowest BCUT2D eigenvalue weighted by Crippen LogP contribution is -2.15. The van der Waals surface area contributed by atoms with Crippen molar-refractivity contribution >= 4 is 11.5 Å². The first kappa shape index (κ1) is 10.4. The van der Waals surface area contributed by atoms with Gasteiger partial charge in [0, 0.05) is 11.8 Å². The topological polar surface area (TPSA) is 82.0 Å². The number of anilines is 1. The van der Waals surface area contributed by atoms with Gasteiger partial charge in [-0.05, 0) is 11.5 Å². The molecule has 14 heavy (non-hydrogen) atoms. The third-order valence-corrected chi connectivity index (χ3v) is 1.94. The number of nitrogens with zero attached hydrogens (tertiary/aromatic N) is 2.